The second-order valence-electron chi connectivity index (χ2n) is 6.05. The molecule has 0 fully saturated rings. The van der Waals surface area contributed by atoms with Gasteiger partial charge in [-0.1, -0.05) is 36.0 Å². The number of fused-ring (bicyclic) bond motifs is 1. The Morgan fingerprint density at radius 2 is 1.85 bits per heavy atom. The second kappa shape index (κ2) is 8.26. The lowest BCUT2D eigenvalue weighted by molar-refractivity contribution is -0.144. The number of hydrogen-bond acceptors (Lipinski definition) is 6. The van der Waals surface area contributed by atoms with E-state index in [1.807, 2.05) is 18.2 Å². The summed E-state index contributed by atoms with van der Waals surface area (Å²) in [7, 11) is 1.55. The standard InChI is InChI=1S/C20H20N2O4S/c1-13(2)26-18(23)12-27-20-21-15-9-5-4-8-14(15)19(24)22(20)16-10-6-7-11-17(16)25-3/h4-11,13H,12H2,1-3H3. The lowest BCUT2D eigenvalue weighted by Crippen LogP contribution is -2.23. The fraction of sp³-hybridized carbons (Fsp3) is 0.250. The summed E-state index contributed by atoms with van der Waals surface area (Å²) in [6.07, 6.45) is -0.195. The van der Waals surface area contributed by atoms with E-state index >= 15 is 0 Å². The van der Waals surface area contributed by atoms with Crippen LogP contribution in [0.3, 0.4) is 0 Å². The summed E-state index contributed by atoms with van der Waals surface area (Å²) in [6.45, 7) is 3.59. The van der Waals surface area contributed by atoms with E-state index in [0.29, 0.717) is 27.5 Å². The minimum Gasteiger partial charge on any atom is -0.495 e. The van der Waals surface area contributed by atoms with E-state index < -0.39 is 0 Å². The average Bonchev–Trinajstić information content (AvgIpc) is 2.66. The Morgan fingerprint density at radius 3 is 2.59 bits per heavy atom. The van der Waals surface area contributed by atoms with Crippen molar-refractivity contribution in [3.8, 4) is 11.4 Å². The van der Waals surface area contributed by atoms with Crippen LogP contribution in [0.4, 0.5) is 0 Å². The van der Waals surface area contributed by atoms with Crippen LogP contribution in [0.25, 0.3) is 16.6 Å². The van der Waals surface area contributed by atoms with E-state index in [1.54, 1.807) is 51.3 Å². The van der Waals surface area contributed by atoms with Gasteiger partial charge in [0.05, 0.1) is 35.6 Å². The van der Waals surface area contributed by atoms with Crippen LogP contribution in [-0.4, -0.2) is 34.5 Å². The third kappa shape index (κ3) is 4.14. The van der Waals surface area contributed by atoms with Crippen molar-refractivity contribution in [3.63, 3.8) is 0 Å². The number of hydrogen-bond donors (Lipinski definition) is 0. The fourth-order valence-electron chi connectivity index (χ4n) is 2.66. The number of ether oxygens (including phenoxy) is 2. The number of carbonyl (C=O) groups is 1. The topological polar surface area (TPSA) is 70.4 Å². The van der Waals surface area contributed by atoms with Crippen molar-refractivity contribution in [2.24, 2.45) is 0 Å². The molecule has 0 aliphatic rings. The third-order valence-corrected chi connectivity index (χ3v) is 4.67. The minimum absolute atomic E-state index is 0.0537. The van der Waals surface area contributed by atoms with Gasteiger partial charge < -0.3 is 9.47 Å². The monoisotopic (exact) mass is 384 g/mol. The molecule has 1 heterocycles. The molecule has 3 aromatic rings. The summed E-state index contributed by atoms with van der Waals surface area (Å²) in [6, 6.07) is 14.3. The van der Waals surface area contributed by atoms with Crippen LogP contribution in [0.15, 0.2) is 58.5 Å². The number of esters is 1. The van der Waals surface area contributed by atoms with Gasteiger partial charge in [-0.2, -0.15) is 0 Å². The first-order valence-corrected chi connectivity index (χ1v) is 9.47. The van der Waals surface area contributed by atoms with Gasteiger partial charge in [-0.05, 0) is 38.1 Å². The quantitative estimate of drug-likeness (QED) is 0.368. The molecule has 0 spiro atoms. The fourth-order valence-corrected chi connectivity index (χ4v) is 3.44. The highest BCUT2D eigenvalue weighted by Crippen LogP contribution is 2.27. The maximum Gasteiger partial charge on any atom is 0.316 e. The van der Waals surface area contributed by atoms with Gasteiger partial charge >= 0.3 is 5.97 Å². The van der Waals surface area contributed by atoms with Gasteiger partial charge in [-0.3, -0.25) is 14.2 Å². The largest absolute Gasteiger partial charge is 0.495 e. The van der Waals surface area contributed by atoms with Crippen LogP contribution in [-0.2, 0) is 9.53 Å². The smallest absolute Gasteiger partial charge is 0.316 e. The van der Waals surface area contributed by atoms with Crippen LogP contribution in [0, 0.1) is 0 Å². The average molecular weight is 384 g/mol. The van der Waals surface area contributed by atoms with Crippen LogP contribution >= 0.6 is 11.8 Å². The molecule has 6 nitrogen and oxygen atoms in total. The van der Waals surface area contributed by atoms with Gasteiger partial charge in [0, 0.05) is 0 Å². The Labute approximate surface area is 161 Å². The number of carbonyl (C=O) groups excluding carboxylic acids is 1. The highest BCUT2D eigenvalue weighted by atomic mass is 32.2. The number of benzene rings is 2. The molecule has 0 aliphatic carbocycles. The van der Waals surface area contributed by atoms with Crippen LogP contribution in [0.5, 0.6) is 5.75 Å². The van der Waals surface area contributed by atoms with Crippen molar-refractivity contribution in [2.45, 2.75) is 25.1 Å². The highest BCUT2D eigenvalue weighted by Gasteiger charge is 2.17. The van der Waals surface area contributed by atoms with Gasteiger partial charge in [-0.15, -0.1) is 0 Å². The van der Waals surface area contributed by atoms with Crippen LogP contribution in [0.1, 0.15) is 13.8 Å². The zero-order valence-electron chi connectivity index (χ0n) is 15.3. The van der Waals surface area contributed by atoms with E-state index in [0.717, 1.165) is 11.8 Å². The van der Waals surface area contributed by atoms with Crippen LogP contribution in [0.2, 0.25) is 0 Å². The molecule has 2 aromatic carbocycles. The number of nitrogens with zero attached hydrogens (tertiary/aromatic N) is 2. The molecule has 0 radical (unpaired) electrons. The van der Waals surface area contributed by atoms with Crippen LogP contribution < -0.4 is 10.3 Å². The Hall–Kier alpha value is -2.80. The molecular formula is C20H20N2O4S. The number of rotatable bonds is 6. The molecule has 0 unspecified atom stereocenters. The molecule has 0 amide bonds. The van der Waals surface area contributed by atoms with Crippen molar-refractivity contribution in [1.29, 1.82) is 0 Å². The van der Waals surface area contributed by atoms with Crippen molar-refractivity contribution >= 4 is 28.6 Å². The number of aromatic nitrogens is 2. The number of para-hydroxylation sites is 3. The van der Waals surface area contributed by atoms with Crippen molar-refractivity contribution in [1.82, 2.24) is 9.55 Å². The summed E-state index contributed by atoms with van der Waals surface area (Å²) in [5.41, 5.74) is 0.932. The Kier molecular flexibility index (Phi) is 5.81. The first-order valence-electron chi connectivity index (χ1n) is 8.48. The van der Waals surface area contributed by atoms with Gasteiger partial charge in [-0.25, -0.2) is 4.98 Å². The lowest BCUT2D eigenvalue weighted by Gasteiger charge is -2.15. The first kappa shape index (κ1) is 19.0. The maximum atomic E-state index is 13.2. The normalized spacial score (nSPS) is 11.0. The zero-order chi connectivity index (χ0) is 19.4. The molecular weight excluding hydrogens is 364 g/mol. The molecule has 3 rings (SSSR count). The molecule has 0 saturated carbocycles. The molecule has 0 N–H and O–H groups in total. The first-order chi connectivity index (χ1) is 13.0. The number of thioether (sulfide) groups is 1. The summed E-state index contributed by atoms with van der Waals surface area (Å²) >= 11 is 1.16. The van der Waals surface area contributed by atoms with E-state index in [4.69, 9.17) is 9.47 Å². The summed E-state index contributed by atoms with van der Waals surface area (Å²) < 4.78 is 12.1. The molecule has 7 heteroatoms. The molecule has 27 heavy (non-hydrogen) atoms. The Bertz CT molecular complexity index is 1030. The number of methoxy groups -OCH3 is 1. The molecule has 0 aliphatic heterocycles. The van der Waals surface area contributed by atoms with Gasteiger partial charge in [0.25, 0.3) is 5.56 Å². The minimum atomic E-state index is -0.357. The van der Waals surface area contributed by atoms with E-state index in [2.05, 4.69) is 4.98 Å². The summed E-state index contributed by atoms with van der Waals surface area (Å²) in [5.74, 6) is 0.241. The highest BCUT2D eigenvalue weighted by molar-refractivity contribution is 7.99. The van der Waals surface area contributed by atoms with Gasteiger partial charge in [0.2, 0.25) is 0 Å². The predicted molar refractivity (Wildman–Crippen MR) is 106 cm³/mol. The maximum absolute atomic E-state index is 13.2. The SMILES string of the molecule is COc1ccccc1-n1c(SCC(=O)OC(C)C)nc2ccccc2c1=O. The molecule has 1 aromatic heterocycles. The van der Waals surface area contributed by atoms with E-state index in [9.17, 15) is 9.59 Å². The molecule has 0 bridgehead atoms. The Balaban J connectivity index is 2.13. The predicted octanol–water partition coefficient (Wildman–Crippen LogP) is 3.44. The van der Waals surface area contributed by atoms with Gasteiger partial charge in [0.1, 0.15) is 5.75 Å². The Morgan fingerprint density at radius 1 is 1.15 bits per heavy atom. The van der Waals surface area contributed by atoms with Crippen molar-refractivity contribution in [3.05, 3.63) is 58.9 Å². The summed E-state index contributed by atoms with van der Waals surface area (Å²) in [4.78, 5) is 29.7. The van der Waals surface area contributed by atoms with E-state index in [-0.39, 0.29) is 23.4 Å². The van der Waals surface area contributed by atoms with Crippen molar-refractivity contribution < 1.29 is 14.3 Å². The van der Waals surface area contributed by atoms with E-state index in [1.165, 1.54) is 4.57 Å². The van der Waals surface area contributed by atoms with Gasteiger partial charge in [0.15, 0.2) is 5.16 Å². The second-order valence-corrected chi connectivity index (χ2v) is 6.99. The van der Waals surface area contributed by atoms with Crippen molar-refractivity contribution in [2.75, 3.05) is 12.9 Å². The molecule has 140 valence electrons. The molecule has 0 atom stereocenters. The summed E-state index contributed by atoms with van der Waals surface area (Å²) in [5, 5.41) is 0.904. The lowest BCUT2D eigenvalue weighted by atomic mass is 10.2. The third-order valence-electron chi connectivity index (χ3n) is 3.76. The molecule has 0 saturated heterocycles. The zero-order valence-corrected chi connectivity index (χ0v) is 16.2.